The maximum absolute atomic E-state index is 11.8. The number of hydrogen-bond acceptors (Lipinski definition) is 4. The van der Waals surface area contributed by atoms with Crippen LogP contribution in [0.15, 0.2) is 59.7 Å². The molecule has 0 heterocycles. The number of benzene rings is 2. The third kappa shape index (κ3) is 3.73. The van der Waals surface area contributed by atoms with Gasteiger partial charge >= 0.3 is 0 Å². The number of hydrazone groups is 1. The van der Waals surface area contributed by atoms with Crippen LogP contribution in [0.3, 0.4) is 0 Å². The van der Waals surface area contributed by atoms with Gasteiger partial charge < -0.3 is 0 Å². The molecule has 106 valence electrons. The molecular weight excluding hydrogens is 270 g/mol. The van der Waals surface area contributed by atoms with Crippen LogP contribution < -0.4 is 5.43 Å². The molecule has 2 aromatic rings. The van der Waals surface area contributed by atoms with Crippen molar-refractivity contribution in [3.8, 4) is 0 Å². The number of rotatable bonds is 4. The zero-order chi connectivity index (χ0) is 15.2. The van der Waals surface area contributed by atoms with E-state index in [1.54, 1.807) is 43.3 Å². The summed E-state index contributed by atoms with van der Waals surface area (Å²) < 4.78 is 0. The molecule has 0 saturated heterocycles. The first kappa shape index (κ1) is 14.4. The molecule has 0 aliphatic rings. The molecule has 0 radical (unpaired) electrons. The van der Waals surface area contributed by atoms with E-state index < -0.39 is 4.92 Å². The van der Waals surface area contributed by atoms with Crippen LogP contribution in [-0.2, 0) is 0 Å². The zero-order valence-corrected chi connectivity index (χ0v) is 11.3. The number of non-ortho nitro benzene ring substituents is 1. The normalized spacial score (nSPS) is 11.0. The van der Waals surface area contributed by atoms with Gasteiger partial charge in [-0.1, -0.05) is 18.2 Å². The van der Waals surface area contributed by atoms with E-state index in [-0.39, 0.29) is 11.6 Å². The van der Waals surface area contributed by atoms with Crippen LogP contribution >= 0.6 is 0 Å². The average molecular weight is 283 g/mol. The highest BCUT2D eigenvalue weighted by Crippen LogP contribution is 2.12. The lowest BCUT2D eigenvalue weighted by molar-refractivity contribution is -0.384. The second kappa shape index (κ2) is 6.42. The lowest BCUT2D eigenvalue weighted by atomic mass is 10.1. The first-order valence-corrected chi connectivity index (χ1v) is 6.22. The average Bonchev–Trinajstić information content (AvgIpc) is 2.53. The van der Waals surface area contributed by atoms with E-state index in [9.17, 15) is 14.9 Å². The van der Waals surface area contributed by atoms with Crippen molar-refractivity contribution in [3.05, 3.63) is 75.8 Å². The van der Waals surface area contributed by atoms with E-state index in [0.29, 0.717) is 16.8 Å². The standard InChI is InChI=1S/C15H13N3O3/c1-11(12-7-9-14(10-8-12)18(20)21)16-17-15(19)13-5-3-2-4-6-13/h2-10H,1H3,(H,17,19). The highest BCUT2D eigenvalue weighted by molar-refractivity contribution is 6.00. The highest BCUT2D eigenvalue weighted by atomic mass is 16.6. The molecule has 0 fully saturated rings. The monoisotopic (exact) mass is 283 g/mol. The molecule has 0 aromatic heterocycles. The summed E-state index contributed by atoms with van der Waals surface area (Å²) in [6, 6.07) is 14.7. The Kier molecular flexibility index (Phi) is 4.40. The second-order valence-electron chi connectivity index (χ2n) is 4.31. The van der Waals surface area contributed by atoms with Gasteiger partial charge in [0, 0.05) is 17.7 Å². The minimum Gasteiger partial charge on any atom is -0.267 e. The molecule has 2 rings (SSSR count). The molecule has 2 aromatic carbocycles. The summed E-state index contributed by atoms with van der Waals surface area (Å²) in [5.74, 6) is -0.308. The Labute approximate surface area is 121 Å². The predicted molar refractivity (Wildman–Crippen MR) is 79.2 cm³/mol. The molecule has 0 aliphatic carbocycles. The largest absolute Gasteiger partial charge is 0.271 e. The van der Waals surface area contributed by atoms with Gasteiger partial charge in [-0.05, 0) is 36.8 Å². The highest BCUT2D eigenvalue weighted by Gasteiger charge is 2.06. The zero-order valence-electron chi connectivity index (χ0n) is 11.3. The van der Waals surface area contributed by atoms with Gasteiger partial charge in [-0.2, -0.15) is 5.10 Å². The van der Waals surface area contributed by atoms with Crippen molar-refractivity contribution in [1.29, 1.82) is 0 Å². The topological polar surface area (TPSA) is 84.6 Å². The molecule has 6 heteroatoms. The van der Waals surface area contributed by atoms with Crippen molar-refractivity contribution in [1.82, 2.24) is 5.43 Å². The summed E-state index contributed by atoms with van der Waals surface area (Å²) >= 11 is 0. The molecular formula is C15H13N3O3. The van der Waals surface area contributed by atoms with Gasteiger partial charge in [0.1, 0.15) is 0 Å². The van der Waals surface area contributed by atoms with Crippen LogP contribution in [0.4, 0.5) is 5.69 Å². The van der Waals surface area contributed by atoms with Crippen molar-refractivity contribution in [2.24, 2.45) is 5.10 Å². The Morgan fingerprint density at radius 2 is 1.67 bits per heavy atom. The summed E-state index contributed by atoms with van der Waals surface area (Å²) in [4.78, 5) is 21.9. The Balaban J connectivity index is 2.07. The van der Waals surface area contributed by atoms with E-state index >= 15 is 0 Å². The maximum Gasteiger partial charge on any atom is 0.271 e. The fourth-order valence-corrected chi connectivity index (χ4v) is 1.68. The summed E-state index contributed by atoms with van der Waals surface area (Å²) in [5, 5.41) is 14.6. The fourth-order valence-electron chi connectivity index (χ4n) is 1.68. The van der Waals surface area contributed by atoms with Crippen LogP contribution in [0.25, 0.3) is 0 Å². The fraction of sp³-hybridized carbons (Fsp3) is 0.0667. The molecule has 1 amide bonds. The lowest BCUT2D eigenvalue weighted by Crippen LogP contribution is -2.19. The summed E-state index contributed by atoms with van der Waals surface area (Å²) in [6.45, 7) is 1.71. The number of nitrogens with zero attached hydrogens (tertiary/aromatic N) is 2. The number of nitro benzene ring substituents is 1. The van der Waals surface area contributed by atoms with E-state index in [2.05, 4.69) is 10.5 Å². The summed E-state index contributed by atoms with van der Waals surface area (Å²) in [6.07, 6.45) is 0. The Bertz CT molecular complexity index is 679. The number of nitrogens with one attached hydrogen (secondary N) is 1. The van der Waals surface area contributed by atoms with Gasteiger partial charge in [0.2, 0.25) is 0 Å². The van der Waals surface area contributed by atoms with Crippen molar-refractivity contribution in [3.63, 3.8) is 0 Å². The third-order valence-electron chi connectivity index (χ3n) is 2.86. The molecule has 0 aliphatic heterocycles. The van der Waals surface area contributed by atoms with Crippen LogP contribution in [0.5, 0.6) is 0 Å². The SMILES string of the molecule is CC(=NNC(=O)c1ccccc1)c1ccc([N+](=O)[O-])cc1. The number of hydrogen-bond donors (Lipinski definition) is 1. The molecule has 1 N–H and O–H groups in total. The smallest absolute Gasteiger partial charge is 0.267 e. The minimum atomic E-state index is -0.465. The molecule has 21 heavy (non-hydrogen) atoms. The first-order chi connectivity index (χ1) is 10.1. The molecule has 0 unspecified atom stereocenters. The van der Waals surface area contributed by atoms with Gasteiger partial charge in [0.05, 0.1) is 10.6 Å². The van der Waals surface area contributed by atoms with Crippen molar-refractivity contribution in [2.75, 3.05) is 0 Å². The Hall–Kier alpha value is -3.02. The van der Waals surface area contributed by atoms with Crippen LogP contribution in [0.2, 0.25) is 0 Å². The van der Waals surface area contributed by atoms with Gasteiger partial charge in [-0.15, -0.1) is 0 Å². The molecule has 0 bridgehead atoms. The van der Waals surface area contributed by atoms with Crippen LogP contribution in [0.1, 0.15) is 22.8 Å². The number of carbonyl (C=O) groups is 1. The van der Waals surface area contributed by atoms with Crippen LogP contribution in [0, 0.1) is 10.1 Å². The van der Waals surface area contributed by atoms with Gasteiger partial charge in [-0.25, -0.2) is 5.43 Å². The first-order valence-electron chi connectivity index (χ1n) is 6.22. The van der Waals surface area contributed by atoms with Gasteiger partial charge in [-0.3, -0.25) is 14.9 Å². The summed E-state index contributed by atoms with van der Waals surface area (Å²) in [5.41, 5.74) is 4.24. The second-order valence-corrected chi connectivity index (χ2v) is 4.31. The van der Waals surface area contributed by atoms with Crippen molar-refractivity contribution >= 4 is 17.3 Å². The third-order valence-corrected chi connectivity index (χ3v) is 2.86. The van der Waals surface area contributed by atoms with E-state index in [1.165, 1.54) is 12.1 Å². The van der Waals surface area contributed by atoms with Crippen molar-refractivity contribution in [2.45, 2.75) is 6.92 Å². The summed E-state index contributed by atoms with van der Waals surface area (Å²) in [7, 11) is 0. The maximum atomic E-state index is 11.8. The van der Waals surface area contributed by atoms with E-state index in [4.69, 9.17) is 0 Å². The number of carbonyl (C=O) groups excluding carboxylic acids is 1. The Morgan fingerprint density at radius 3 is 2.24 bits per heavy atom. The minimum absolute atomic E-state index is 0.0138. The number of amides is 1. The Morgan fingerprint density at radius 1 is 1.05 bits per heavy atom. The van der Waals surface area contributed by atoms with Gasteiger partial charge in [0.15, 0.2) is 0 Å². The quantitative estimate of drug-likeness (QED) is 0.532. The predicted octanol–water partition coefficient (Wildman–Crippen LogP) is 2.75. The van der Waals surface area contributed by atoms with E-state index in [1.807, 2.05) is 6.07 Å². The van der Waals surface area contributed by atoms with Crippen molar-refractivity contribution < 1.29 is 9.72 Å². The molecule has 0 saturated carbocycles. The van der Waals surface area contributed by atoms with E-state index in [0.717, 1.165) is 0 Å². The van der Waals surface area contributed by atoms with Crippen LogP contribution in [-0.4, -0.2) is 16.5 Å². The molecule has 0 atom stereocenters. The molecule has 6 nitrogen and oxygen atoms in total. The molecule has 0 spiro atoms. The number of nitro groups is 1. The van der Waals surface area contributed by atoms with Gasteiger partial charge in [0.25, 0.3) is 11.6 Å². The lowest BCUT2D eigenvalue weighted by Gasteiger charge is -2.03.